The van der Waals surface area contributed by atoms with Gasteiger partial charge in [0, 0.05) is 53.7 Å². The van der Waals surface area contributed by atoms with E-state index in [0.29, 0.717) is 26.1 Å². The van der Waals surface area contributed by atoms with Crippen LogP contribution in [0.5, 0.6) is 0 Å². The van der Waals surface area contributed by atoms with Gasteiger partial charge in [0.2, 0.25) is 11.8 Å². The highest BCUT2D eigenvalue weighted by atomic mass is 16.5. The van der Waals surface area contributed by atoms with E-state index < -0.39 is 0 Å². The molecular weight excluding hydrogens is 244 g/mol. The molecule has 0 saturated carbocycles. The van der Waals surface area contributed by atoms with Crippen LogP contribution >= 0.6 is 0 Å². The first-order valence-corrected chi connectivity index (χ1v) is 7.01. The summed E-state index contributed by atoms with van der Waals surface area (Å²) in [5.74, 6) is 0.117. The fraction of sp³-hybridized carbons (Fsp3) is 0.857. The van der Waals surface area contributed by atoms with Gasteiger partial charge in [0.05, 0.1) is 0 Å². The summed E-state index contributed by atoms with van der Waals surface area (Å²) in [4.78, 5) is 26.8. The van der Waals surface area contributed by atoms with Crippen LogP contribution in [0.4, 0.5) is 0 Å². The summed E-state index contributed by atoms with van der Waals surface area (Å²) in [6, 6.07) is 0. The fourth-order valence-corrected chi connectivity index (χ4v) is 1.77. The number of amides is 2. The SMILES string of the molecule is CCCCN(C)C(=O)CCN(CCCOC)C(C)=O. The molecule has 5 heteroatoms. The zero-order valence-corrected chi connectivity index (χ0v) is 12.8. The first-order chi connectivity index (χ1) is 9.02. The van der Waals surface area contributed by atoms with Crippen molar-refractivity contribution in [1.82, 2.24) is 9.80 Å². The third-order valence-electron chi connectivity index (χ3n) is 3.09. The topological polar surface area (TPSA) is 49.9 Å². The van der Waals surface area contributed by atoms with Gasteiger partial charge in [-0.3, -0.25) is 9.59 Å². The molecule has 0 saturated heterocycles. The van der Waals surface area contributed by atoms with Gasteiger partial charge in [0.15, 0.2) is 0 Å². The number of carbonyl (C=O) groups excluding carboxylic acids is 2. The lowest BCUT2D eigenvalue weighted by molar-refractivity contribution is -0.132. The van der Waals surface area contributed by atoms with E-state index in [4.69, 9.17) is 4.74 Å². The Morgan fingerprint density at radius 3 is 2.32 bits per heavy atom. The number of ether oxygens (including phenoxy) is 1. The van der Waals surface area contributed by atoms with Crippen molar-refractivity contribution >= 4 is 11.8 Å². The van der Waals surface area contributed by atoms with E-state index >= 15 is 0 Å². The smallest absolute Gasteiger partial charge is 0.224 e. The van der Waals surface area contributed by atoms with E-state index in [1.807, 2.05) is 7.05 Å². The van der Waals surface area contributed by atoms with Gasteiger partial charge >= 0.3 is 0 Å². The summed E-state index contributed by atoms with van der Waals surface area (Å²) >= 11 is 0. The Balaban J connectivity index is 4.02. The molecule has 2 amide bonds. The Morgan fingerprint density at radius 2 is 1.79 bits per heavy atom. The molecule has 19 heavy (non-hydrogen) atoms. The summed E-state index contributed by atoms with van der Waals surface area (Å²) in [7, 11) is 3.46. The monoisotopic (exact) mass is 272 g/mol. The molecule has 0 aliphatic carbocycles. The van der Waals surface area contributed by atoms with Crippen LogP contribution in [0.15, 0.2) is 0 Å². The molecule has 0 N–H and O–H groups in total. The molecule has 0 aromatic heterocycles. The van der Waals surface area contributed by atoms with Gasteiger partial charge in [-0.1, -0.05) is 13.3 Å². The van der Waals surface area contributed by atoms with Crippen LogP contribution in [-0.2, 0) is 14.3 Å². The molecule has 112 valence electrons. The van der Waals surface area contributed by atoms with E-state index in [2.05, 4.69) is 6.92 Å². The van der Waals surface area contributed by atoms with Crippen molar-refractivity contribution in [2.75, 3.05) is 40.4 Å². The van der Waals surface area contributed by atoms with E-state index in [-0.39, 0.29) is 11.8 Å². The molecule has 0 radical (unpaired) electrons. The normalized spacial score (nSPS) is 10.3. The minimum atomic E-state index is 0.0140. The highest BCUT2D eigenvalue weighted by molar-refractivity contribution is 5.77. The van der Waals surface area contributed by atoms with E-state index in [0.717, 1.165) is 25.8 Å². The lowest BCUT2D eigenvalue weighted by atomic mass is 10.2. The number of rotatable bonds is 10. The maximum atomic E-state index is 11.9. The van der Waals surface area contributed by atoms with Gasteiger partial charge < -0.3 is 14.5 Å². The zero-order chi connectivity index (χ0) is 14.7. The van der Waals surface area contributed by atoms with Crippen molar-refractivity contribution in [1.29, 1.82) is 0 Å². The molecule has 0 aliphatic heterocycles. The molecule has 0 atom stereocenters. The maximum Gasteiger partial charge on any atom is 0.224 e. The van der Waals surface area contributed by atoms with Gasteiger partial charge in [-0.05, 0) is 12.8 Å². The molecule has 0 fully saturated rings. The first-order valence-electron chi connectivity index (χ1n) is 7.01. The van der Waals surface area contributed by atoms with Gasteiger partial charge in [-0.15, -0.1) is 0 Å². The molecule has 0 aliphatic rings. The van der Waals surface area contributed by atoms with Gasteiger partial charge in [0.25, 0.3) is 0 Å². The van der Waals surface area contributed by atoms with Crippen molar-refractivity contribution in [2.45, 2.75) is 39.5 Å². The number of unbranched alkanes of at least 4 members (excludes halogenated alkanes) is 1. The van der Waals surface area contributed by atoms with E-state index in [1.54, 1.807) is 16.9 Å². The third-order valence-corrected chi connectivity index (χ3v) is 3.09. The lowest BCUT2D eigenvalue weighted by Gasteiger charge is -2.23. The van der Waals surface area contributed by atoms with Crippen molar-refractivity contribution in [3.05, 3.63) is 0 Å². The Labute approximate surface area is 116 Å². The predicted molar refractivity (Wildman–Crippen MR) is 75.9 cm³/mol. The molecule has 0 bridgehead atoms. The highest BCUT2D eigenvalue weighted by Gasteiger charge is 2.13. The van der Waals surface area contributed by atoms with Crippen LogP contribution in [0.1, 0.15) is 39.5 Å². The Hall–Kier alpha value is -1.10. The minimum Gasteiger partial charge on any atom is -0.385 e. The molecule has 0 rings (SSSR count). The number of carbonyl (C=O) groups is 2. The standard InChI is InChI=1S/C14H28N2O3/c1-5-6-9-15(3)14(18)8-11-16(13(2)17)10-7-12-19-4/h5-12H2,1-4H3. The molecular formula is C14H28N2O3. The van der Waals surface area contributed by atoms with Crippen LogP contribution in [0.3, 0.4) is 0 Å². The Morgan fingerprint density at radius 1 is 1.11 bits per heavy atom. The van der Waals surface area contributed by atoms with Crippen LogP contribution in [-0.4, -0.2) is 62.0 Å². The third kappa shape index (κ3) is 8.59. The van der Waals surface area contributed by atoms with E-state index in [1.165, 1.54) is 6.92 Å². The van der Waals surface area contributed by atoms with E-state index in [9.17, 15) is 9.59 Å². The van der Waals surface area contributed by atoms with Gasteiger partial charge in [0.1, 0.15) is 0 Å². The summed E-state index contributed by atoms with van der Waals surface area (Å²) in [6.45, 7) is 6.21. The zero-order valence-electron chi connectivity index (χ0n) is 12.8. The predicted octanol–water partition coefficient (Wildman–Crippen LogP) is 1.52. The van der Waals surface area contributed by atoms with Crippen LogP contribution in [0.2, 0.25) is 0 Å². The largest absolute Gasteiger partial charge is 0.385 e. The van der Waals surface area contributed by atoms with Gasteiger partial charge in [-0.25, -0.2) is 0 Å². The molecule has 0 heterocycles. The Kier molecular flexibility index (Phi) is 10.2. The van der Waals surface area contributed by atoms with Crippen molar-refractivity contribution in [3.8, 4) is 0 Å². The summed E-state index contributed by atoms with van der Waals surface area (Å²) in [6.07, 6.45) is 3.30. The summed E-state index contributed by atoms with van der Waals surface area (Å²) < 4.78 is 4.97. The van der Waals surface area contributed by atoms with Crippen molar-refractivity contribution in [2.24, 2.45) is 0 Å². The first kappa shape index (κ1) is 17.9. The molecule has 0 unspecified atom stereocenters. The van der Waals surface area contributed by atoms with Crippen molar-refractivity contribution in [3.63, 3.8) is 0 Å². The second-order valence-electron chi connectivity index (χ2n) is 4.77. The molecule has 5 nitrogen and oxygen atoms in total. The molecule has 0 spiro atoms. The number of hydrogen-bond acceptors (Lipinski definition) is 3. The van der Waals surface area contributed by atoms with Crippen LogP contribution in [0, 0.1) is 0 Å². The fourth-order valence-electron chi connectivity index (χ4n) is 1.77. The lowest BCUT2D eigenvalue weighted by Crippen LogP contribution is -2.35. The average Bonchev–Trinajstić information content (AvgIpc) is 2.39. The Bertz CT molecular complexity index is 269. The molecule has 0 aromatic rings. The molecule has 0 aromatic carbocycles. The second-order valence-corrected chi connectivity index (χ2v) is 4.77. The van der Waals surface area contributed by atoms with Crippen molar-refractivity contribution < 1.29 is 14.3 Å². The average molecular weight is 272 g/mol. The summed E-state index contributed by atoms with van der Waals surface area (Å²) in [5, 5.41) is 0. The number of methoxy groups -OCH3 is 1. The number of nitrogens with zero attached hydrogens (tertiary/aromatic N) is 2. The number of hydrogen-bond donors (Lipinski definition) is 0. The van der Waals surface area contributed by atoms with Crippen LogP contribution in [0.25, 0.3) is 0 Å². The quantitative estimate of drug-likeness (QED) is 0.567. The van der Waals surface area contributed by atoms with Gasteiger partial charge in [-0.2, -0.15) is 0 Å². The second kappa shape index (κ2) is 10.8. The maximum absolute atomic E-state index is 11.9. The van der Waals surface area contributed by atoms with Crippen LogP contribution < -0.4 is 0 Å². The highest BCUT2D eigenvalue weighted by Crippen LogP contribution is 2.00. The summed E-state index contributed by atoms with van der Waals surface area (Å²) in [5.41, 5.74) is 0. The minimum absolute atomic E-state index is 0.0140.